The van der Waals surface area contributed by atoms with E-state index in [1.54, 1.807) is 42.5 Å². The van der Waals surface area contributed by atoms with Crippen molar-refractivity contribution in [2.45, 2.75) is 13.8 Å². The third-order valence-electron chi connectivity index (χ3n) is 4.12. The number of ether oxygens (including phenoxy) is 2. The minimum absolute atomic E-state index is 0.168. The predicted octanol–water partition coefficient (Wildman–Crippen LogP) is 2.96. The molecule has 166 valence electrons. The molecule has 3 amide bonds. The summed E-state index contributed by atoms with van der Waals surface area (Å²) in [5.74, 6) is -0.224. The highest BCUT2D eigenvalue weighted by atomic mass is 35.5. The summed E-state index contributed by atoms with van der Waals surface area (Å²) in [6, 6.07) is 11.5. The van der Waals surface area contributed by atoms with E-state index >= 15 is 0 Å². The number of benzene rings is 2. The fourth-order valence-corrected chi connectivity index (χ4v) is 2.85. The second-order valence-electron chi connectivity index (χ2n) is 6.52. The number of nitrogens with zero attached hydrogens (tertiary/aromatic N) is 1. The van der Waals surface area contributed by atoms with Crippen LogP contribution in [0.4, 0.5) is 5.69 Å². The van der Waals surface area contributed by atoms with E-state index in [0.29, 0.717) is 41.0 Å². The molecule has 0 fully saturated rings. The van der Waals surface area contributed by atoms with Crippen LogP contribution in [-0.4, -0.2) is 56.0 Å². The number of hydrogen-bond donors (Lipinski definition) is 2. The van der Waals surface area contributed by atoms with Gasteiger partial charge in [0.15, 0.2) is 11.5 Å². The largest absolute Gasteiger partial charge is 0.490 e. The molecule has 2 aromatic carbocycles. The van der Waals surface area contributed by atoms with Crippen molar-refractivity contribution >= 4 is 35.0 Å². The molecule has 0 aliphatic rings. The molecule has 0 unspecified atom stereocenters. The Bertz CT molecular complexity index is 935. The second kappa shape index (κ2) is 11.8. The highest BCUT2D eigenvalue weighted by Crippen LogP contribution is 2.28. The summed E-state index contributed by atoms with van der Waals surface area (Å²) < 4.78 is 11.0. The topological polar surface area (TPSA) is 97.0 Å². The van der Waals surface area contributed by atoms with Gasteiger partial charge < -0.3 is 25.0 Å². The van der Waals surface area contributed by atoms with Crippen molar-refractivity contribution in [2.24, 2.45) is 0 Å². The minimum atomic E-state index is -0.436. The molecule has 0 bridgehead atoms. The van der Waals surface area contributed by atoms with Crippen molar-refractivity contribution in [2.75, 3.05) is 38.7 Å². The van der Waals surface area contributed by atoms with E-state index in [4.69, 9.17) is 21.1 Å². The van der Waals surface area contributed by atoms with E-state index < -0.39 is 11.8 Å². The average Bonchev–Trinajstić information content (AvgIpc) is 2.73. The molecule has 2 aromatic rings. The molecule has 0 spiro atoms. The first-order chi connectivity index (χ1) is 14.8. The molecule has 0 heterocycles. The average molecular weight is 448 g/mol. The molecule has 0 saturated carbocycles. The third-order valence-corrected chi connectivity index (χ3v) is 4.36. The highest BCUT2D eigenvalue weighted by Gasteiger charge is 2.16. The van der Waals surface area contributed by atoms with Gasteiger partial charge in [0.2, 0.25) is 11.8 Å². The number of rotatable bonds is 10. The van der Waals surface area contributed by atoms with Crippen molar-refractivity contribution in [1.82, 2.24) is 10.2 Å². The first-order valence-corrected chi connectivity index (χ1v) is 10.2. The Labute approximate surface area is 186 Å². The quantitative estimate of drug-likeness (QED) is 0.583. The van der Waals surface area contributed by atoms with Gasteiger partial charge in [0.05, 0.1) is 26.3 Å². The molecule has 8 nitrogen and oxygen atoms in total. The fraction of sp³-hybridized carbons (Fsp3) is 0.318. The maximum atomic E-state index is 12.4. The number of likely N-dealkylation sites (N-methyl/N-ethyl adjacent to an activating group) is 1. The van der Waals surface area contributed by atoms with Crippen LogP contribution in [0.2, 0.25) is 5.02 Å². The number of anilines is 1. The third kappa shape index (κ3) is 7.49. The molecule has 0 atom stereocenters. The van der Waals surface area contributed by atoms with Gasteiger partial charge in [0.1, 0.15) is 0 Å². The number of hydrogen-bond acceptors (Lipinski definition) is 5. The smallest absolute Gasteiger partial charge is 0.251 e. The van der Waals surface area contributed by atoms with Gasteiger partial charge in [-0.1, -0.05) is 17.7 Å². The molecular formula is C22H26ClN3O5. The first-order valence-electron chi connectivity index (χ1n) is 9.81. The van der Waals surface area contributed by atoms with Crippen LogP contribution >= 0.6 is 11.6 Å². The van der Waals surface area contributed by atoms with Gasteiger partial charge >= 0.3 is 0 Å². The van der Waals surface area contributed by atoms with E-state index in [1.807, 2.05) is 13.8 Å². The molecule has 2 N–H and O–H groups in total. The highest BCUT2D eigenvalue weighted by molar-refractivity contribution is 6.30. The zero-order valence-corrected chi connectivity index (χ0v) is 18.5. The van der Waals surface area contributed by atoms with E-state index in [0.717, 1.165) is 0 Å². The molecule has 0 aliphatic heterocycles. The molecular weight excluding hydrogens is 422 g/mol. The fourth-order valence-electron chi connectivity index (χ4n) is 2.66. The van der Waals surface area contributed by atoms with Gasteiger partial charge in [-0.3, -0.25) is 14.4 Å². The van der Waals surface area contributed by atoms with Crippen molar-refractivity contribution in [3.05, 3.63) is 53.1 Å². The van der Waals surface area contributed by atoms with Crippen molar-refractivity contribution < 1.29 is 23.9 Å². The van der Waals surface area contributed by atoms with E-state index in [1.165, 1.54) is 11.9 Å². The summed E-state index contributed by atoms with van der Waals surface area (Å²) in [4.78, 5) is 38.1. The Morgan fingerprint density at radius 3 is 2.39 bits per heavy atom. The lowest BCUT2D eigenvalue weighted by atomic mass is 10.2. The van der Waals surface area contributed by atoms with Gasteiger partial charge in [-0.15, -0.1) is 0 Å². The molecule has 0 aliphatic carbocycles. The van der Waals surface area contributed by atoms with Crippen LogP contribution in [0.3, 0.4) is 0 Å². The second-order valence-corrected chi connectivity index (χ2v) is 6.95. The maximum absolute atomic E-state index is 12.4. The Hall–Kier alpha value is -3.26. The lowest BCUT2D eigenvalue weighted by Crippen LogP contribution is -2.41. The van der Waals surface area contributed by atoms with Crippen LogP contribution in [0.1, 0.15) is 24.2 Å². The molecule has 0 saturated heterocycles. The van der Waals surface area contributed by atoms with Gasteiger partial charge in [-0.05, 0) is 50.2 Å². The first kappa shape index (κ1) is 24.0. The van der Waals surface area contributed by atoms with Gasteiger partial charge in [-0.25, -0.2) is 0 Å². The summed E-state index contributed by atoms with van der Waals surface area (Å²) in [5.41, 5.74) is 0.869. The molecule has 31 heavy (non-hydrogen) atoms. The zero-order chi connectivity index (χ0) is 22.8. The minimum Gasteiger partial charge on any atom is -0.490 e. The van der Waals surface area contributed by atoms with Gasteiger partial charge in [-0.2, -0.15) is 0 Å². The maximum Gasteiger partial charge on any atom is 0.251 e. The molecule has 9 heteroatoms. The monoisotopic (exact) mass is 447 g/mol. The summed E-state index contributed by atoms with van der Waals surface area (Å²) >= 11 is 5.89. The zero-order valence-electron chi connectivity index (χ0n) is 17.7. The van der Waals surface area contributed by atoms with E-state index in [2.05, 4.69) is 10.6 Å². The number of nitrogens with one attached hydrogen (secondary N) is 2. The lowest BCUT2D eigenvalue weighted by Gasteiger charge is -2.17. The SMILES string of the molecule is CCOc1ccc(C(=O)NCC(=O)N(C)CC(=O)Nc2cccc(Cl)c2)cc1OCC. The van der Waals surface area contributed by atoms with Crippen LogP contribution in [0.5, 0.6) is 11.5 Å². The summed E-state index contributed by atoms with van der Waals surface area (Å²) in [7, 11) is 1.48. The Morgan fingerprint density at radius 1 is 1.00 bits per heavy atom. The summed E-state index contributed by atoms with van der Waals surface area (Å²) in [6.07, 6.45) is 0. The number of carbonyl (C=O) groups is 3. The van der Waals surface area contributed by atoms with Crippen molar-refractivity contribution in [3.63, 3.8) is 0 Å². The standard InChI is InChI=1S/C22H26ClN3O5/c1-4-30-18-10-9-15(11-19(18)31-5-2)22(29)24-13-21(28)26(3)14-20(27)25-17-8-6-7-16(23)12-17/h6-12H,4-5,13-14H2,1-3H3,(H,24,29)(H,25,27). The number of halogens is 1. The Kier molecular flexibility index (Phi) is 9.14. The van der Waals surface area contributed by atoms with Crippen LogP contribution in [0.25, 0.3) is 0 Å². The molecule has 2 rings (SSSR count). The summed E-state index contributed by atoms with van der Waals surface area (Å²) in [5, 5.41) is 5.71. The Morgan fingerprint density at radius 2 is 1.71 bits per heavy atom. The van der Waals surface area contributed by atoms with Crippen molar-refractivity contribution in [1.29, 1.82) is 0 Å². The van der Waals surface area contributed by atoms with Crippen LogP contribution in [0, 0.1) is 0 Å². The van der Waals surface area contributed by atoms with Gasteiger partial charge in [0, 0.05) is 23.3 Å². The Balaban J connectivity index is 1.88. The predicted molar refractivity (Wildman–Crippen MR) is 119 cm³/mol. The normalized spacial score (nSPS) is 10.2. The van der Waals surface area contributed by atoms with Gasteiger partial charge in [0.25, 0.3) is 5.91 Å². The summed E-state index contributed by atoms with van der Waals surface area (Å²) in [6.45, 7) is 4.16. The van der Waals surface area contributed by atoms with Crippen LogP contribution in [-0.2, 0) is 9.59 Å². The number of carbonyl (C=O) groups excluding carboxylic acids is 3. The van der Waals surface area contributed by atoms with E-state index in [-0.39, 0.29) is 19.0 Å². The lowest BCUT2D eigenvalue weighted by molar-refractivity contribution is -0.132. The van der Waals surface area contributed by atoms with E-state index in [9.17, 15) is 14.4 Å². The molecule has 0 aromatic heterocycles. The van der Waals surface area contributed by atoms with Crippen LogP contribution in [0.15, 0.2) is 42.5 Å². The van der Waals surface area contributed by atoms with Crippen LogP contribution < -0.4 is 20.1 Å². The molecule has 0 radical (unpaired) electrons. The van der Waals surface area contributed by atoms with Crippen molar-refractivity contribution in [3.8, 4) is 11.5 Å². The number of amides is 3.